The summed E-state index contributed by atoms with van der Waals surface area (Å²) >= 11 is 0. The second kappa shape index (κ2) is 4.53. The van der Waals surface area contributed by atoms with Crippen molar-refractivity contribution >= 4 is 0 Å². The zero-order valence-electron chi connectivity index (χ0n) is 8.74. The molecular weight excluding hydrogens is 181 g/mol. The highest BCUT2D eigenvalue weighted by atomic mass is 19.1. The molecule has 0 spiro atoms. The van der Waals surface area contributed by atoms with E-state index in [1.54, 1.807) is 12.1 Å². The van der Waals surface area contributed by atoms with Gasteiger partial charge >= 0.3 is 0 Å². The Bertz CT molecular complexity index is 301. The summed E-state index contributed by atoms with van der Waals surface area (Å²) in [7, 11) is 3.76. The largest absolute Gasteiger partial charge is 0.387 e. The summed E-state index contributed by atoms with van der Waals surface area (Å²) in [5.74, 6) is -0.312. The first-order chi connectivity index (χ1) is 6.52. The van der Waals surface area contributed by atoms with E-state index in [-0.39, 0.29) is 11.9 Å². The molecule has 1 rings (SSSR count). The lowest BCUT2D eigenvalue weighted by atomic mass is 10.0. The van der Waals surface area contributed by atoms with Crippen molar-refractivity contribution in [3.8, 4) is 0 Å². The SMILES string of the molecule is CC(C(O)c1cccc(F)c1)N(C)C. The quantitative estimate of drug-likeness (QED) is 0.798. The summed E-state index contributed by atoms with van der Waals surface area (Å²) in [6.07, 6.45) is -0.652. The number of halogens is 1. The summed E-state index contributed by atoms with van der Waals surface area (Å²) in [6.45, 7) is 1.90. The van der Waals surface area contributed by atoms with Crippen LogP contribution in [0.5, 0.6) is 0 Å². The fourth-order valence-corrected chi connectivity index (χ4v) is 1.25. The highest BCUT2D eigenvalue weighted by Gasteiger charge is 2.18. The summed E-state index contributed by atoms with van der Waals surface area (Å²) in [4.78, 5) is 1.90. The fourth-order valence-electron chi connectivity index (χ4n) is 1.25. The molecule has 78 valence electrons. The van der Waals surface area contributed by atoms with Gasteiger partial charge in [0.15, 0.2) is 0 Å². The predicted molar refractivity (Wildman–Crippen MR) is 54.5 cm³/mol. The van der Waals surface area contributed by atoms with Gasteiger partial charge in [-0.2, -0.15) is 0 Å². The topological polar surface area (TPSA) is 23.5 Å². The molecule has 2 unspecified atom stereocenters. The van der Waals surface area contributed by atoms with Crippen LogP contribution in [0.25, 0.3) is 0 Å². The Hall–Kier alpha value is -0.930. The number of aliphatic hydroxyl groups excluding tert-OH is 1. The van der Waals surface area contributed by atoms with Crippen molar-refractivity contribution in [1.82, 2.24) is 4.90 Å². The van der Waals surface area contributed by atoms with Gasteiger partial charge in [-0.25, -0.2) is 4.39 Å². The van der Waals surface area contributed by atoms with Gasteiger partial charge < -0.3 is 10.0 Å². The minimum Gasteiger partial charge on any atom is -0.387 e. The zero-order valence-corrected chi connectivity index (χ0v) is 8.74. The summed E-state index contributed by atoms with van der Waals surface area (Å²) in [6, 6.07) is 6.04. The monoisotopic (exact) mass is 197 g/mol. The average Bonchev–Trinajstić information content (AvgIpc) is 2.15. The van der Waals surface area contributed by atoms with Crippen LogP contribution in [-0.2, 0) is 0 Å². The first-order valence-electron chi connectivity index (χ1n) is 4.62. The van der Waals surface area contributed by atoms with Crippen LogP contribution in [0, 0.1) is 5.82 Å². The first-order valence-corrected chi connectivity index (χ1v) is 4.62. The van der Waals surface area contributed by atoms with E-state index in [2.05, 4.69) is 0 Å². The molecule has 0 heterocycles. The molecule has 0 aliphatic heterocycles. The summed E-state index contributed by atoms with van der Waals surface area (Å²) in [5.41, 5.74) is 0.617. The van der Waals surface area contributed by atoms with Gasteiger partial charge in [-0.3, -0.25) is 0 Å². The first kappa shape index (κ1) is 11.1. The Kier molecular flexibility index (Phi) is 3.61. The number of benzene rings is 1. The highest BCUT2D eigenvalue weighted by molar-refractivity contribution is 5.19. The number of hydrogen-bond acceptors (Lipinski definition) is 2. The number of hydrogen-bond donors (Lipinski definition) is 1. The highest BCUT2D eigenvalue weighted by Crippen LogP contribution is 2.19. The van der Waals surface area contributed by atoms with E-state index in [1.165, 1.54) is 12.1 Å². The molecule has 0 bridgehead atoms. The predicted octanol–water partition coefficient (Wildman–Crippen LogP) is 1.81. The van der Waals surface area contributed by atoms with Crippen LogP contribution in [0.2, 0.25) is 0 Å². The second-order valence-electron chi connectivity index (χ2n) is 3.70. The maximum atomic E-state index is 12.9. The third kappa shape index (κ3) is 2.53. The van der Waals surface area contributed by atoms with E-state index >= 15 is 0 Å². The number of nitrogens with zero attached hydrogens (tertiary/aromatic N) is 1. The Morgan fingerprint density at radius 3 is 2.50 bits per heavy atom. The van der Waals surface area contributed by atoms with Gasteiger partial charge in [0.1, 0.15) is 5.82 Å². The van der Waals surface area contributed by atoms with Gasteiger partial charge in [0, 0.05) is 6.04 Å². The molecule has 0 aliphatic carbocycles. The van der Waals surface area contributed by atoms with Gasteiger partial charge in [0.25, 0.3) is 0 Å². The van der Waals surface area contributed by atoms with E-state index in [1.807, 2.05) is 25.9 Å². The normalized spacial score (nSPS) is 15.6. The van der Waals surface area contributed by atoms with Crippen LogP contribution in [-0.4, -0.2) is 30.1 Å². The average molecular weight is 197 g/mol. The van der Waals surface area contributed by atoms with Crippen LogP contribution in [0.4, 0.5) is 4.39 Å². The molecule has 14 heavy (non-hydrogen) atoms. The third-order valence-electron chi connectivity index (χ3n) is 2.46. The molecule has 0 fully saturated rings. The van der Waals surface area contributed by atoms with Gasteiger partial charge in [-0.05, 0) is 38.7 Å². The van der Waals surface area contributed by atoms with E-state index < -0.39 is 6.10 Å². The molecule has 2 nitrogen and oxygen atoms in total. The van der Waals surface area contributed by atoms with Crippen LogP contribution >= 0.6 is 0 Å². The minimum atomic E-state index is -0.652. The molecule has 1 N–H and O–H groups in total. The van der Waals surface area contributed by atoms with Gasteiger partial charge in [-0.1, -0.05) is 12.1 Å². The molecule has 0 radical (unpaired) electrons. The van der Waals surface area contributed by atoms with Crippen molar-refractivity contribution in [1.29, 1.82) is 0 Å². The maximum Gasteiger partial charge on any atom is 0.123 e. The number of likely N-dealkylation sites (N-methyl/N-ethyl adjacent to an activating group) is 1. The minimum absolute atomic E-state index is 0.0307. The van der Waals surface area contributed by atoms with Crippen molar-refractivity contribution < 1.29 is 9.50 Å². The molecule has 0 saturated heterocycles. The van der Waals surface area contributed by atoms with Crippen LogP contribution in [0.3, 0.4) is 0 Å². The molecule has 0 aromatic heterocycles. The molecule has 0 aliphatic rings. The number of rotatable bonds is 3. The van der Waals surface area contributed by atoms with E-state index in [4.69, 9.17) is 0 Å². The molecular formula is C11H16FNO. The van der Waals surface area contributed by atoms with Crippen LogP contribution in [0.15, 0.2) is 24.3 Å². The molecule has 3 heteroatoms. The van der Waals surface area contributed by atoms with Crippen molar-refractivity contribution in [2.45, 2.75) is 19.1 Å². The lowest BCUT2D eigenvalue weighted by Gasteiger charge is -2.25. The van der Waals surface area contributed by atoms with Crippen molar-refractivity contribution in [3.63, 3.8) is 0 Å². The Morgan fingerprint density at radius 2 is 2.00 bits per heavy atom. The van der Waals surface area contributed by atoms with Gasteiger partial charge in [-0.15, -0.1) is 0 Å². The standard InChI is InChI=1S/C11H16FNO/c1-8(13(2)3)11(14)9-5-4-6-10(12)7-9/h4-8,11,14H,1-3H3. The van der Waals surface area contributed by atoms with Gasteiger partial charge in [0.05, 0.1) is 6.10 Å². The van der Waals surface area contributed by atoms with Crippen LogP contribution in [0.1, 0.15) is 18.6 Å². The lowest BCUT2D eigenvalue weighted by molar-refractivity contribution is 0.0856. The third-order valence-corrected chi connectivity index (χ3v) is 2.46. The summed E-state index contributed by atoms with van der Waals surface area (Å²) < 4.78 is 12.9. The number of aliphatic hydroxyl groups is 1. The maximum absolute atomic E-state index is 12.9. The molecule has 1 aromatic rings. The van der Waals surface area contributed by atoms with Crippen molar-refractivity contribution in [2.24, 2.45) is 0 Å². The van der Waals surface area contributed by atoms with E-state index in [9.17, 15) is 9.50 Å². The van der Waals surface area contributed by atoms with E-state index in [0.29, 0.717) is 5.56 Å². The molecule has 1 aromatic carbocycles. The van der Waals surface area contributed by atoms with Crippen molar-refractivity contribution in [3.05, 3.63) is 35.6 Å². The Labute approximate surface area is 84.0 Å². The second-order valence-corrected chi connectivity index (χ2v) is 3.70. The van der Waals surface area contributed by atoms with Crippen molar-refractivity contribution in [2.75, 3.05) is 14.1 Å². The molecule has 0 saturated carbocycles. The Balaban J connectivity index is 2.83. The Morgan fingerprint density at radius 1 is 1.36 bits per heavy atom. The smallest absolute Gasteiger partial charge is 0.123 e. The lowest BCUT2D eigenvalue weighted by Crippen LogP contribution is -2.31. The van der Waals surface area contributed by atoms with Gasteiger partial charge in [0.2, 0.25) is 0 Å². The summed E-state index contributed by atoms with van der Waals surface area (Å²) in [5, 5.41) is 9.88. The fraction of sp³-hybridized carbons (Fsp3) is 0.455. The molecule has 2 atom stereocenters. The molecule has 0 amide bonds. The van der Waals surface area contributed by atoms with Crippen LogP contribution < -0.4 is 0 Å². The van der Waals surface area contributed by atoms with E-state index in [0.717, 1.165) is 0 Å². The zero-order chi connectivity index (χ0) is 10.7.